The van der Waals surface area contributed by atoms with Crippen LogP contribution in [0.4, 0.5) is 0 Å². The van der Waals surface area contributed by atoms with Crippen LogP contribution in [0.1, 0.15) is 47.5 Å². The lowest BCUT2D eigenvalue weighted by Crippen LogP contribution is -2.26. The average Bonchev–Trinajstić information content (AvgIpc) is 3.12. The summed E-state index contributed by atoms with van der Waals surface area (Å²) in [4.78, 5) is 26.3. The van der Waals surface area contributed by atoms with Crippen molar-refractivity contribution in [1.29, 1.82) is 0 Å². The van der Waals surface area contributed by atoms with Gasteiger partial charge >= 0.3 is 0 Å². The van der Waals surface area contributed by atoms with E-state index in [1.807, 2.05) is 23.9 Å². The van der Waals surface area contributed by atoms with Crippen LogP contribution in [-0.4, -0.2) is 28.8 Å². The summed E-state index contributed by atoms with van der Waals surface area (Å²) in [6.07, 6.45) is 7.05. The zero-order chi connectivity index (χ0) is 17.8. The van der Waals surface area contributed by atoms with Gasteiger partial charge in [0.05, 0.1) is 5.52 Å². The van der Waals surface area contributed by atoms with Gasteiger partial charge < -0.3 is 15.4 Å². The zero-order valence-electron chi connectivity index (χ0n) is 14.2. The normalized spacial score (nSPS) is 16.2. The number of amides is 1. The predicted octanol–water partition coefficient (Wildman–Crippen LogP) is 3.50. The molecule has 4 rings (SSSR count). The van der Waals surface area contributed by atoms with Crippen molar-refractivity contribution in [2.45, 2.75) is 31.6 Å². The third-order valence-electron chi connectivity index (χ3n) is 4.64. The average molecular weight is 358 g/mol. The Hall–Kier alpha value is -2.21. The standard InChI is InChI=1S/C15H16N2O3.C4H6S/c1-16-14(19)12-13(18)10-6-5-9(8-3-2-4-8)7-11(10)17-15(12)20;1-2-4-5-3-1/h5-8H,2-4H2,1H3,(H,16,19)(H2,17,18,20);1,3H,2,4H2. The summed E-state index contributed by atoms with van der Waals surface area (Å²) in [6, 6.07) is 5.62. The molecule has 132 valence electrons. The Morgan fingerprint density at radius 1 is 1.36 bits per heavy atom. The second-order valence-corrected chi connectivity index (χ2v) is 7.23. The van der Waals surface area contributed by atoms with E-state index in [1.54, 1.807) is 6.07 Å². The van der Waals surface area contributed by atoms with Crippen molar-refractivity contribution in [3.63, 3.8) is 0 Å². The van der Waals surface area contributed by atoms with Crippen LogP contribution in [0.25, 0.3) is 10.9 Å². The highest BCUT2D eigenvalue weighted by Gasteiger charge is 2.22. The fraction of sp³-hybridized carbons (Fsp3) is 0.368. The molecule has 1 amide bonds. The van der Waals surface area contributed by atoms with Gasteiger partial charge in [0.25, 0.3) is 11.5 Å². The minimum Gasteiger partial charge on any atom is -0.506 e. The van der Waals surface area contributed by atoms with E-state index < -0.39 is 11.5 Å². The van der Waals surface area contributed by atoms with E-state index >= 15 is 0 Å². The van der Waals surface area contributed by atoms with Gasteiger partial charge in [-0.1, -0.05) is 18.6 Å². The summed E-state index contributed by atoms with van der Waals surface area (Å²) in [6.45, 7) is 0. The molecule has 2 aliphatic rings. The lowest BCUT2D eigenvalue weighted by molar-refractivity contribution is 0.0959. The van der Waals surface area contributed by atoms with Crippen LogP contribution in [0.5, 0.6) is 5.75 Å². The van der Waals surface area contributed by atoms with Crippen molar-refractivity contribution in [3.8, 4) is 5.75 Å². The molecule has 0 bridgehead atoms. The molecule has 0 saturated heterocycles. The van der Waals surface area contributed by atoms with Crippen LogP contribution < -0.4 is 10.9 Å². The number of fused-ring (bicyclic) bond motifs is 1. The number of hydrogen-bond donors (Lipinski definition) is 3. The van der Waals surface area contributed by atoms with E-state index in [9.17, 15) is 14.7 Å². The molecule has 1 fully saturated rings. The second-order valence-electron chi connectivity index (χ2n) is 6.22. The summed E-state index contributed by atoms with van der Waals surface area (Å²) in [7, 11) is 1.42. The molecule has 2 heterocycles. The molecule has 0 atom stereocenters. The number of aromatic nitrogens is 1. The van der Waals surface area contributed by atoms with Gasteiger partial charge in [-0.3, -0.25) is 9.59 Å². The Bertz CT molecular complexity index is 863. The number of aromatic hydroxyl groups is 1. The maximum atomic E-state index is 11.9. The molecular formula is C19H22N2O3S. The molecule has 5 nitrogen and oxygen atoms in total. The van der Waals surface area contributed by atoms with Gasteiger partial charge in [0.1, 0.15) is 11.3 Å². The number of hydrogen-bond acceptors (Lipinski definition) is 4. The van der Waals surface area contributed by atoms with Crippen molar-refractivity contribution >= 4 is 28.6 Å². The van der Waals surface area contributed by atoms with Gasteiger partial charge in [0.15, 0.2) is 0 Å². The van der Waals surface area contributed by atoms with E-state index in [0.29, 0.717) is 16.8 Å². The molecule has 0 unspecified atom stereocenters. The van der Waals surface area contributed by atoms with Gasteiger partial charge in [-0.15, -0.1) is 11.8 Å². The Morgan fingerprint density at radius 2 is 2.16 bits per heavy atom. The molecule has 25 heavy (non-hydrogen) atoms. The van der Waals surface area contributed by atoms with E-state index in [0.717, 1.165) is 12.8 Å². The molecule has 2 aromatic rings. The highest BCUT2D eigenvalue weighted by molar-refractivity contribution is 8.02. The minimum atomic E-state index is -0.589. The van der Waals surface area contributed by atoms with Gasteiger partial charge in [0, 0.05) is 18.2 Å². The number of rotatable bonds is 2. The highest BCUT2D eigenvalue weighted by Crippen LogP contribution is 2.38. The third-order valence-corrected chi connectivity index (χ3v) is 5.49. The van der Waals surface area contributed by atoms with E-state index in [-0.39, 0.29) is 11.3 Å². The number of benzene rings is 1. The summed E-state index contributed by atoms with van der Waals surface area (Å²) in [5, 5.41) is 15.2. The number of thioether (sulfide) groups is 1. The van der Waals surface area contributed by atoms with Crippen LogP contribution in [0.3, 0.4) is 0 Å². The first-order valence-electron chi connectivity index (χ1n) is 8.49. The van der Waals surface area contributed by atoms with Crippen LogP contribution >= 0.6 is 11.8 Å². The lowest BCUT2D eigenvalue weighted by atomic mass is 9.80. The molecular weight excluding hydrogens is 336 g/mol. The molecule has 1 aromatic heterocycles. The minimum absolute atomic E-state index is 0.239. The number of nitrogens with one attached hydrogen (secondary N) is 2. The molecule has 1 saturated carbocycles. The summed E-state index contributed by atoms with van der Waals surface area (Å²) in [5.74, 6) is 1.00. The van der Waals surface area contributed by atoms with Gasteiger partial charge in [-0.25, -0.2) is 0 Å². The summed E-state index contributed by atoms with van der Waals surface area (Å²) >= 11 is 1.89. The van der Waals surface area contributed by atoms with Crippen LogP contribution in [0.2, 0.25) is 0 Å². The van der Waals surface area contributed by atoms with E-state index in [2.05, 4.69) is 21.8 Å². The maximum Gasteiger partial charge on any atom is 0.265 e. The molecule has 1 aromatic carbocycles. The maximum absolute atomic E-state index is 11.9. The molecule has 0 radical (unpaired) electrons. The highest BCUT2D eigenvalue weighted by atomic mass is 32.2. The van der Waals surface area contributed by atoms with Crippen LogP contribution in [0.15, 0.2) is 34.5 Å². The Kier molecular flexibility index (Phi) is 5.48. The van der Waals surface area contributed by atoms with Crippen molar-refractivity contribution < 1.29 is 9.90 Å². The molecule has 0 spiro atoms. The van der Waals surface area contributed by atoms with Crippen LogP contribution in [-0.2, 0) is 0 Å². The predicted molar refractivity (Wildman–Crippen MR) is 102 cm³/mol. The first-order chi connectivity index (χ1) is 12.1. The molecule has 1 aliphatic heterocycles. The number of allylic oxidation sites excluding steroid dienone is 1. The first kappa shape index (κ1) is 17.6. The Morgan fingerprint density at radius 3 is 2.68 bits per heavy atom. The molecule has 1 aliphatic carbocycles. The molecule has 3 N–H and O–H groups in total. The van der Waals surface area contributed by atoms with E-state index in [1.165, 1.54) is 31.2 Å². The molecule has 6 heteroatoms. The topological polar surface area (TPSA) is 82.2 Å². The van der Waals surface area contributed by atoms with Crippen molar-refractivity contribution in [3.05, 3.63) is 51.2 Å². The SMILES string of the molecule is C1=CSCC1.CNC(=O)c1c(O)c2ccc(C3CCC3)cc2[nH]c1=O. The number of H-pyrrole nitrogens is 1. The fourth-order valence-corrected chi connectivity index (χ4v) is 3.65. The fourth-order valence-electron chi connectivity index (χ4n) is 2.97. The van der Waals surface area contributed by atoms with Gasteiger partial charge in [-0.05, 0) is 48.3 Å². The largest absolute Gasteiger partial charge is 0.506 e. The summed E-state index contributed by atoms with van der Waals surface area (Å²) in [5.41, 5.74) is 0.938. The van der Waals surface area contributed by atoms with Gasteiger partial charge in [-0.2, -0.15) is 0 Å². The third kappa shape index (κ3) is 3.74. The van der Waals surface area contributed by atoms with E-state index in [4.69, 9.17) is 0 Å². The number of aromatic amines is 1. The number of carbonyl (C=O) groups excluding carboxylic acids is 1. The van der Waals surface area contributed by atoms with Gasteiger partial charge in [0.2, 0.25) is 0 Å². The van der Waals surface area contributed by atoms with Crippen molar-refractivity contribution in [2.75, 3.05) is 12.8 Å². The monoisotopic (exact) mass is 358 g/mol. The Labute approximate surface area is 150 Å². The number of carbonyl (C=O) groups is 1. The zero-order valence-corrected chi connectivity index (χ0v) is 15.0. The van der Waals surface area contributed by atoms with Crippen molar-refractivity contribution in [2.24, 2.45) is 0 Å². The van der Waals surface area contributed by atoms with Crippen molar-refractivity contribution in [1.82, 2.24) is 10.3 Å². The first-order valence-corrected chi connectivity index (χ1v) is 9.54. The lowest BCUT2D eigenvalue weighted by Gasteiger charge is -2.26. The smallest absolute Gasteiger partial charge is 0.265 e. The number of pyridine rings is 1. The second kappa shape index (κ2) is 7.78. The quantitative estimate of drug-likeness (QED) is 0.767. The van der Waals surface area contributed by atoms with Crippen LogP contribution in [0, 0.1) is 0 Å². The summed E-state index contributed by atoms with van der Waals surface area (Å²) < 4.78 is 0. The Balaban J connectivity index is 0.000000314.